The molecule has 0 bridgehead atoms. The first-order chi connectivity index (χ1) is 17.7. The van der Waals surface area contributed by atoms with E-state index in [1.807, 2.05) is 0 Å². The lowest BCUT2D eigenvalue weighted by atomic mass is 10.1. The van der Waals surface area contributed by atoms with Crippen molar-refractivity contribution in [3.8, 4) is 11.5 Å². The molecule has 9 nitrogen and oxygen atoms in total. The molecule has 0 unspecified atom stereocenters. The van der Waals surface area contributed by atoms with Gasteiger partial charge < -0.3 is 29.0 Å². The van der Waals surface area contributed by atoms with Crippen molar-refractivity contribution in [2.45, 2.75) is 51.6 Å². The molecule has 1 aliphatic heterocycles. The minimum absolute atomic E-state index is 0.141. The largest absolute Gasteiger partial charge is 0.493 e. The standard InChI is InChI=1S/C26H29BrFN3O6/c1-5-34-24(32)10-16-9-17(37-26(2,3)36-16)13-35-23-12-21-18(11-22(23)33-4)25(30-14-29-21)31-20-7-6-15(27)8-19(20)28/h6-8,11-12,14,16-17H,5,9-10,13H2,1-4H3,(H,29,30,31)/t16-,17+/m1/s1. The lowest BCUT2D eigenvalue weighted by Crippen LogP contribution is -2.47. The van der Waals surface area contributed by atoms with Crippen LogP contribution in [0.1, 0.15) is 33.6 Å². The highest BCUT2D eigenvalue weighted by Gasteiger charge is 2.37. The Kier molecular flexibility index (Phi) is 8.46. The zero-order chi connectivity index (χ0) is 26.6. The maximum atomic E-state index is 14.4. The van der Waals surface area contributed by atoms with Crippen LogP contribution in [0.25, 0.3) is 10.9 Å². The summed E-state index contributed by atoms with van der Waals surface area (Å²) in [5.74, 6) is -0.276. The molecule has 1 aliphatic rings. The van der Waals surface area contributed by atoms with E-state index >= 15 is 0 Å². The molecule has 37 heavy (non-hydrogen) atoms. The number of esters is 1. The third-order valence-electron chi connectivity index (χ3n) is 5.66. The topological polar surface area (TPSA) is 101 Å². The van der Waals surface area contributed by atoms with E-state index in [1.165, 1.54) is 19.5 Å². The monoisotopic (exact) mass is 577 g/mol. The zero-order valence-corrected chi connectivity index (χ0v) is 22.6. The second-order valence-electron chi connectivity index (χ2n) is 8.93. The molecule has 2 aromatic carbocycles. The molecule has 1 aromatic heterocycles. The van der Waals surface area contributed by atoms with E-state index in [4.69, 9.17) is 23.7 Å². The molecule has 0 aliphatic carbocycles. The SMILES string of the molecule is CCOC(=O)C[C@H]1C[C@@H](COc2cc3ncnc(Nc4ccc(Br)cc4F)c3cc2OC)OC(C)(C)O1. The zero-order valence-electron chi connectivity index (χ0n) is 21.0. The average molecular weight is 578 g/mol. The molecule has 2 atom stereocenters. The van der Waals surface area contributed by atoms with Gasteiger partial charge in [-0.05, 0) is 45.0 Å². The predicted molar refractivity (Wildman–Crippen MR) is 139 cm³/mol. The van der Waals surface area contributed by atoms with Gasteiger partial charge in [0.1, 0.15) is 24.6 Å². The molecule has 2 heterocycles. The van der Waals surface area contributed by atoms with Crippen molar-refractivity contribution in [2.24, 2.45) is 0 Å². The first-order valence-electron chi connectivity index (χ1n) is 11.9. The van der Waals surface area contributed by atoms with Crippen LogP contribution in [-0.2, 0) is 19.0 Å². The van der Waals surface area contributed by atoms with Gasteiger partial charge in [0.2, 0.25) is 0 Å². The number of hydrogen-bond acceptors (Lipinski definition) is 9. The van der Waals surface area contributed by atoms with Crippen LogP contribution >= 0.6 is 15.9 Å². The number of anilines is 2. The first kappa shape index (κ1) is 27.0. The molecule has 0 amide bonds. The fraction of sp³-hybridized carbons (Fsp3) is 0.423. The number of methoxy groups -OCH3 is 1. The van der Waals surface area contributed by atoms with Gasteiger partial charge >= 0.3 is 5.97 Å². The second-order valence-corrected chi connectivity index (χ2v) is 9.84. The quantitative estimate of drug-likeness (QED) is 0.329. The predicted octanol–water partition coefficient (Wildman–Crippen LogP) is 5.53. The molecule has 198 valence electrons. The molecule has 0 spiro atoms. The Morgan fingerprint density at radius 1 is 1.19 bits per heavy atom. The van der Waals surface area contributed by atoms with Crippen LogP contribution in [0.2, 0.25) is 0 Å². The molecule has 4 rings (SSSR count). The lowest BCUT2D eigenvalue weighted by Gasteiger charge is -2.40. The van der Waals surface area contributed by atoms with E-state index in [9.17, 15) is 9.18 Å². The molecule has 1 N–H and O–H groups in total. The summed E-state index contributed by atoms with van der Waals surface area (Å²) in [6.07, 6.45) is 1.32. The van der Waals surface area contributed by atoms with Crippen LogP contribution in [0.5, 0.6) is 11.5 Å². The van der Waals surface area contributed by atoms with Crippen LogP contribution in [0.3, 0.4) is 0 Å². The smallest absolute Gasteiger partial charge is 0.308 e. The molecule has 0 saturated carbocycles. The normalized spacial score (nSPS) is 18.9. The lowest BCUT2D eigenvalue weighted by molar-refractivity contribution is -0.302. The van der Waals surface area contributed by atoms with Gasteiger partial charge in [-0.1, -0.05) is 15.9 Å². The second kappa shape index (κ2) is 11.6. The summed E-state index contributed by atoms with van der Waals surface area (Å²) in [6.45, 7) is 5.89. The number of halogens is 2. The van der Waals surface area contributed by atoms with E-state index in [0.29, 0.717) is 45.7 Å². The van der Waals surface area contributed by atoms with Gasteiger partial charge in [-0.2, -0.15) is 0 Å². The van der Waals surface area contributed by atoms with Crippen molar-refractivity contribution in [3.05, 3.63) is 46.9 Å². The average Bonchev–Trinajstić information content (AvgIpc) is 2.83. The Bertz CT molecular complexity index is 1270. The Hall–Kier alpha value is -3.02. The Balaban J connectivity index is 1.52. The van der Waals surface area contributed by atoms with E-state index in [1.54, 1.807) is 45.0 Å². The van der Waals surface area contributed by atoms with Crippen molar-refractivity contribution in [1.29, 1.82) is 0 Å². The first-order valence-corrected chi connectivity index (χ1v) is 12.7. The number of hydrogen-bond donors (Lipinski definition) is 1. The molecular weight excluding hydrogens is 549 g/mol. The number of ether oxygens (including phenoxy) is 5. The third-order valence-corrected chi connectivity index (χ3v) is 6.15. The summed E-state index contributed by atoms with van der Waals surface area (Å²) in [4.78, 5) is 20.6. The highest BCUT2D eigenvalue weighted by Crippen LogP contribution is 2.36. The minimum atomic E-state index is -0.882. The van der Waals surface area contributed by atoms with Crippen molar-refractivity contribution >= 4 is 44.3 Å². The molecule has 0 radical (unpaired) electrons. The highest BCUT2D eigenvalue weighted by atomic mass is 79.9. The Morgan fingerprint density at radius 3 is 2.70 bits per heavy atom. The third kappa shape index (κ3) is 6.85. The summed E-state index contributed by atoms with van der Waals surface area (Å²) in [5, 5.41) is 3.65. The van der Waals surface area contributed by atoms with Crippen LogP contribution in [0.15, 0.2) is 41.1 Å². The van der Waals surface area contributed by atoms with Crippen LogP contribution < -0.4 is 14.8 Å². The van der Waals surface area contributed by atoms with Crippen molar-refractivity contribution < 1.29 is 32.9 Å². The highest BCUT2D eigenvalue weighted by molar-refractivity contribution is 9.10. The number of benzene rings is 2. The number of carbonyl (C=O) groups is 1. The summed E-state index contributed by atoms with van der Waals surface area (Å²) in [6, 6.07) is 8.20. The van der Waals surface area contributed by atoms with Gasteiger partial charge in [-0.15, -0.1) is 0 Å². The van der Waals surface area contributed by atoms with Crippen LogP contribution in [0.4, 0.5) is 15.9 Å². The van der Waals surface area contributed by atoms with Crippen molar-refractivity contribution in [2.75, 3.05) is 25.6 Å². The Labute approximate surface area is 222 Å². The number of nitrogens with one attached hydrogen (secondary N) is 1. The number of nitrogens with zero attached hydrogens (tertiary/aromatic N) is 2. The minimum Gasteiger partial charge on any atom is -0.493 e. The molecular formula is C26H29BrFN3O6. The summed E-state index contributed by atoms with van der Waals surface area (Å²) < 4.78 is 43.7. The van der Waals surface area contributed by atoms with E-state index in [2.05, 4.69) is 31.2 Å². The molecule has 1 saturated heterocycles. The van der Waals surface area contributed by atoms with Gasteiger partial charge in [-0.25, -0.2) is 14.4 Å². The van der Waals surface area contributed by atoms with E-state index in [0.717, 1.165) is 0 Å². The fourth-order valence-corrected chi connectivity index (χ4v) is 4.52. The molecule has 11 heteroatoms. The Morgan fingerprint density at radius 2 is 1.97 bits per heavy atom. The fourth-order valence-electron chi connectivity index (χ4n) is 4.19. The van der Waals surface area contributed by atoms with Crippen LogP contribution in [-0.4, -0.2) is 54.3 Å². The summed E-state index contributed by atoms with van der Waals surface area (Å²) in [7, 11) is 1.53. The van der Waals surface area contributed by atoms with E-state index < -0.39 is 11.6 Å². The maximum Gasteiger partial charge on any atom is 0.308 e. The molecule has 1 fully saturated rings. The van der Waals surface area contributed by atoms with Gasteiger partial charge in [0.15, 0.2) is 17.3 Å². The molecule has 3 aromatic rings. The van der Waals surface area contributed by atoms with Gasteiger partial charge in [0.05, 0.1) is 43.5 Å². The van der Waals surface area contributed by atoms with Crippen LogP contribution in [0, 0.1) is 5.82 Å². The summed E-state index contributed by atoms with van der Waals surface area (Å²) in [5.41, 5.74) is 0.860. The number of rotatable bonds is 9. The number of carbonyl (C=O) groups excluding carboxylic acids is 1. The summed E-state index contributed by atoms with van der Waals surface area (Å²) >= 11 is 3.26. The van der Waals surface area contributed by atoms with Gasteiger partial charge in [0.25, 0.3) is 0 Å². The van der Waals surface area contributed by atoms with E-state index in [-0.39, 0.29) is 36.9 Å². The number of fused-ring (bicyclic) bond motifs is 1. The van der Waals surface area contributed by atoms with Gasteiger partial charge in [0, 0.05) is 22.3 Å². The maximum absolute atomic E-state index is 14.4. The van der Waals surface area contributed by atoms with Crippen molar-refractivity contribution in [1.82, 2.24) is 9.97 Å². The number of aromatic nitrogens is 2. The van der Waals surface area contributed by atoms with Gasteiger partial charge in [-0.3, -0.25) is 4.79 Å². The van der Waals surface area contributed by atoms with Crippen molar-refractivity contribution in [3.63, 3.8) is 0 Å².